The molecule has 0 heterocycles. The van der Waals surface area contributed by atoms with Crippen LogP contribution in [0.25, 0.3) is 0 Å². The van der Waals surface area contributed by atoms with Crippen LogP contribution in [0.3, 0.4) is 0 Å². The van der Waals surface area contributed by atoms with Crippen LogP contribution in [0.2, 0.25) is 0 Å². The fourth-order valence-corrected chi connectivity index (χ4v) is 2.92. The van der Waals surface area contributed by atoms with E-state index in [0.717, 1.165) is 5.56 Å². The number of benzene rings is 1. The van der Waals surface area contributed by atoms with Crippen LogP contribution in [-0.2, 0) is 20.8 Å². The Morgan fingerprint density at radius 2 is 1.67 bits per heavy atom. The first kappa shape index (κ1) is 22.6. The molecule has 0 aliphatic carbocycles. The molecular formula is C19H29N3O5. The number of hydrogen-bond donors (Lipinski definition) is 5. The standard InChI is InChI=1S/C19H29N3O5/c1-12(2)11-19(26,13(3)16(23)22-27)18(25)21-15(17(24)20-4)10-14-8-6-5-7-9-14/h5-9,12-13,15,26-27H,10-11H2,1-4H3,(H,20,24)(H,21,25)(H,22,23). The van der Waals surface area contributed by atoms with Gasteiger partial charge in [-0.1, -0.05) is 51.1 Å². The number of amides is 3. The van der Waals surface area contributed by atoms with Gasteiger partial charge in [0.1, 0.15) is 6.04 Å². The van der Waals surface area contributed by atoms with Gasteiger partial charge in [0.2, 0.25) is 11.8 Å². The molecule has 1 aromatic carbocycles. The molecule has 1 rings (SSSR count). The second-order valence-corrected chi connectivity index (χ2v) is 7.05. The van der Waals surface area contributed by atoms with Gasteiger partial charge in [-0.05, 0) is 17.9 Å². The second-order valence-electron chi connectivity index (χ2n) is 7.05. The highest BCUT2D eigenvalue weighted by atomic mass is 16.5. The molecule has 3 atom stereocenters. The topological polar surface area (TPSA) is 128 Å². The first-order chi connectivity index (χ1) is 12.7. The van der Waals surface area contributed by atoms with Crippen molar-refractivity contribution in [3.05, 3.63) is 35.9 Å². The van der Waals surface area contributed by atoms with E-state index in [9.17, 15) is 19.5 Å². The summed E-state index contributed by atoms with van der Waals surface area (Å²) in [6.45, 7) is 4.93. The minimum Gasteiger partial charge on any atom is -0.379 e. The maximum absolute atomic E-state index is 12.9. The average Bonchev–Trinajstić information content (AvgIpc) is 2.65. The van der Waals surface area contributed by atoms with E-state index in [2.05, 4.69) is 10.6 Å². The summed E-state index contributed by atoms with van der Waals surface area (Å²) in [5.41, 5.74) is 0.221. The molecule has 27 heavy (non-hydrogen) atoms. The second kappa shape index (κ2) is 10.0. The zero-order valence-electron chi connectivity index (χ0n) is 16.2. The Morgan fingerprint density at radius 3 is 2.15 bits per heavy atom. The van der Waals surface area contributed by atoms with Crippen molar-refractivity contribution in [2.75, 3.05) is 7.05 Å². The normalized spacial score (nSPS) is 15.4. The van der Waals surface area contributed by atoms with Crippen molar-refractivity contribution in [2.24, 2.45) is 11.8 Å². The van der Waals surface area contributed by atoms with E-state index >= 15 is 0 Å². The van der Waals surface area contributed by atoms with Gasteiger partial charge in [-0.2, -0.15) is 0 Å². The van der Waals surface area contributed by atoms with Crippen LogP contribution in [0.1, 0.15) is 32.8 Å². The summed E-state index contributed by atoms with van der Waals surface area (Å²) in [5.74, 6) is -3.46. The van der Waals surface area contributed by atoms with Gasteiger partial charge in [-0.15, -0.1) is 0 Å². The number of aliphatic hydroxyl groups is 1. The first-order valence-corrected chi connectivity index (χ1v) is 8.88. The largest absolute Gasteiger partial charge is 0.379 e. The first-order valence-electron chi connectivity index (χ1n) is 8.88. The summed E-state index contributed by atoms with van der Waals surface area (Å²) >= 11 is 0. The molecule has 0 spiro atoms. The maximum atomic E-state index is 12.9. The molecule has 0 fully saturated rings. The molecule has 3 unspecified atom stereocenters. The van der Waals surface area contributed by atoms with Gasteiger partial charge < -0.3 is 15.7 Å². The Balaban J connectivity index is 3.09. The van der Waals surface area contributed by atoms with Gasteiger partial charge in [0.15, 0.2) is 5.60 Å². The molecular weight excluding hydrogens is 350 g/mol. The molecule has 3 amide bonds. The maximum Gasteiger partial charge on any atom is 0.253 e. The van der Waals surface area contributed by atoms with Crippen molar-refractivity contribution < 1.29 is 24.7 Å². The van der Waals surface area contributed by atoms with Crippen LogP contribution in [0.15, 0.2) is 30.3 Å². The Labute approximate surface area is 159 Å². The van der Waals surface area contributed by atoms with Crippen molar-refractivity contribution in [3.63, 3.8) is 0 Å². The van der Waals surface area contributed by atoms with Crippen LogP contribution in [0.5, 0.6) is 0 Å². The predicted molar refractivity (Wildman–Crippen MR) is 99.6 cm³/mol. The van der Waals surface area contributed by atoms with Crippen molar-refractivity contribution in [1.29, 1.82) is 0 Å². The number of nitrogens with one attached hydrogen (secondary N) is 3. The van der Waals surface area contributed by atoms with E-state index in [-0.39, 0.29) is 18.8 Å². The molecule has 5 N–H and O–H groups in total. The molecule has 0 aliphatic heterocycles. The third-order valence-corrected chi connectivity index (χ3v) is 4.48. The summed E-state index contributed by atoms with van der Waals surface area (Å²) in [5, 5.41) is 24.9. The fraction of sp³-hybridized carbons (Fsp3) is 0.526. The minimum absolute atomic E-state index is 0.0147. The van der Waals surface area contributed by atoms with Crippen molar-refractivity contribution in [3.8, 4) is 0 Å². The number of likely N-dealkylation sites (N-methyl/N-ethyl adjacent to an activating group) is 1. The summed E-state index contributed by atoms with van der Waals surface area (Å²) in [6.07, 6.45) is 0.212. The highest BCUT2D eigenvalue weighted by molar-refractivity contribution is 5.95. The van der Waals surface area contributed by atoms with E-state index in [4.69, 9.17) is 5.21 Å². The lowest BCUT2D eigenvalue weighted by Crippen LogP contribution is -2.60. The van der Waals surface area contributed by atoms with Crippen LogP contribution < -0.4 is 16.1 Å². The summed E-state index contributed by atoms with van der Waals surface area (Å²) in [4.78, 5) is 36.9. The molecule has 150 valence electrons. The quantitative estimate of drug-likeness (QED) is 0.313. The highest BCUT2D eigenvalue weighted by Gasteiger charge is 2.46. The average molecular weight is 379 g/mol. The van der Waals surface area contributed by atoms with Crippen LogP contribution in [0.4, 0.5) is 0 Å². The van der Waals surface area contributed by atoms with E-state index in [1.807, 2.05) is 30.3 Å². The lowest BCUT2D eigenvalue weighted by molar-refractivity contribution is -0.159. The molecule has 0 saturated carbocycles. The molecule has 0 radical (unpaired) electrons. The molecule has 8 nitrogen and oxygen atoms in total. The zero-order chi connectivity index (χ0) is 20.6. The zero-order valence-corrected chi connectivity index (χ0v) is 16.2. The predicted octanol–water partition coefficient (Wildman–Crippen LogP) is 0.379. The van der Waals surface area contributed by atoms with E-state index in [1.165, 1.54) is 19.5 Å². The smallest absolute Gasteiger partial charge is 0.253 e. The number of rotatable bonds is 9. The van der Waals surface area contributed by atoms with Crippen molar-refractivity contribution in [1.82, 2.24) is 16.1 Å². The summed E-state index contributed by atoms with van der Waals surface area (Å²) < 4.78 is 0. The molecule has 0 saturated heterocycles. The number of carbonyl (C=O) groups is 3. The monoisotopic (exact) mass is 379 g/mol. The Hall–Kier alpha value is -2.45. The van der Waals surface area contributed by atoms with Gasteiger partial charge in [-0.3, -0.25) is 19.6 Å². The molecule has 0 aromatic heterocycles. The van der Waals surface area contributed by atoms with Crippen LogP contribution >= 0.6 is 0 Å². The van der Waals surface area contributed by atoms with E-state index in [0.29, 0.717) is 0 Å². The lowest BCUT2D eigenvalue weighted by Gasteiger charge is -2.34. The lowest BCUT2D eigenvalue weighted by atomic mass is 9.80. The summed E-state index contributed by atoms with van der Waals surface area (Å²) in [6, 6.07) is 8.21. The third kappa shape index (κ3) is 6.04. The van der Waals surface area contributed by atoms with Crippen LogP contribution in [-0.4, -0.2) is 46.7 Å². The third-order valence-electron chi connectivity index (χ3n) is 4.48. The Bertz CT molecular complexity index is 650. The van der Waals surface area contributed by atoms with Crippen molar-refractivity contribution in [2.45, 2.75) is 45.3 Å². The molecule has 0 bridgehead atoms. The molecule has 8 heteroatoms. The number of carbonyl (C=O) groups excluding carboxylic acids is 3. The van der Waals surface area contributed by atoms with Gasteiger partial charge >= 0.3 is 0 Å². The van der Waals surface area contributed by atoms with E-state index in [1.54, 1.807) is 13.8 Å². The number of hydrogen-bond acceptors (Lipinski definition) is 5. The minimum atomic E-state index is -2.08. The fourth-order valence-electron chi connectivity index (χ4n) is 2.92. The van der Waals surface area contributed by atoms with Crippen LogP contribution in [0, 0.1) is 11.8 Å². The molecule has 1 aromatic rings. The summed E-state index contributed by atoms with van der Waals surface area (Å²) in [7, 11) is 1.45. The van der Waals surface area contributed by atoms with Gasteiger partial charge in [-0.25, -0.2) is 5.48 Å². The van der Waals surface area contributed by atoms with Gasteiger partial charge in [0, 0.05) is 13.5 Å². The van der Waals surface area contributed by atoms with Crippen molar-refractivity contribution >= 4 is 17.7 Å². The Kier molecular flexibility index (Phi) is 8.39. The van der Waals surface area contributed by atoms with E-state index < -0.39 is 35.3 Å². The van der Waals surface area contributed by atoms with Gasteiger partial charge in [0.05, 0.1) is 5.92 Å². The van der Waals surface area contributed by atoms with Gasteiger partial charge in [0.25, 0.3) is 5.91 Å². The number of hydroxylamine groups is 1. The highest BCUT2D eigenvalue weighted by Crippen LogP contribution is 2.27. The Morgan fingerprint density at radius 1 is 1.07 bits per heavy atom. The SMILES string of the molecule is CNC(=O)C(Cc1ccccc1)NC(=O)C(O)(CC(C)C)C(C)C(=O)NO. The molecule has 0 aliphatic rings.